The van der Waals surface area contributed by atoms with Crippen LogP contribution in [0.4, 0.5) is 14.9 Å². The molecule has 1 fully saturated rings. The number of benzene rings is 1. The van der Waals surface area contributed by atoms with E-state index >= 15 is 0 Å². The predicted octanol–water partition coefficient (Wildman–Crippen LogP) is 2.41. The van der Waals surface area contributed by atoms with Crippen LogP contribution in [0.5, 0.6) is 0 Å². The highest BCUT2D eigenvalue weighted by molar-refractivity contribution is 5.74. The smallest absolute Gasteiger partial charge is 0.320 e. The van der Waals surface area contributed by atoms with Gasteiger partial charge < -0.3 is 14.7 Å². The molecular weight excluding hydrogens is 257 g/mol. The lowest BCUT2D eigenvalue weighted by Gasteiger charge is -2.38. The van der Waals surface area contributed by atoms with E-state index in [1.807, 2.05) is 34.6 Å². The van der Waals surface area contributed by atoms with Gasteiger partial charge in [-0.05, 0) is 26.0 Å². The van der Waals surface area contributed by atoms with Crippen molar-refractivity contribution in [3.05, 3.63) is 30.1 Å². The lowest BCUT2D eigenvalue weighted by molar-refractivity contribution is 0.154. The number of anilines is 1. The van der Waals surface area contributed by atoms with Gasteiger partial charge in [-0.2, -0.15) is 0 Å². The summed E-state index contributed by atoms with van der Waals surface area (Å²) < 4.78 is 13.7. The maximum Gasteiger partial charge on any atom is 0.320 e. The van der Waals surface area contributed by atoms with Crippen LogP contribution in [0.25, 0.3) is 0 Å². The first kappa shape index (κ1) is 14.6. The van der Waals surface area contributed by atoms with E-state index in [-0.39, 0.29) is 11.8 Å². The van der Waals surface area contributed by atoms with Crippen LogP contribution in [0.2, 0.25) is 0 Å². The fraction of sp³-hybridized carbons (Fsp3) is 0.533. The molecule has 0 spiro atoms. The number of para-hydroxylation sites is 1. The SMILES string of the molecule is CCN(CC)C(=O)N1CCN(c2ccccc2F)CC1. The summed E-state index contributed by atoms with van der Waals surface area (Å²) in [5, 5.41) is 0. The van der Waals surface area contributed by atoms with Crippen molar-refractivity contribution in [3.63, 3.8) is 0 Å². The van der Waals surface area contributed by atoms with Crippen LogP contribution in [-0.2, 0) is 0 Å². The van der Waals surface area contributed by atoms with Crippen molar-refractivity contribution in [1.29, 1.82) is 0 Å². The van der Waals surface area contributed by atoms with Crippen LogP contribution in [0.15, 0.2) is 24.3 Å². The molecule has 0 bridgehead atoms. The summed E-state index contributed by atoms with van der Waals surface area (Å²) in [7, 11) is 0. The van der Waals surface area contributed by atoms with Crippen molar-refractivity contribution in [2.45, 2.75) is 13.8 Å². The Morgan fingerprint density at radius 3 is 2.30 bits per heavy atom. The molecule has 110 valence electrons. The van der Waals surface area contributed by atoms with E-state index in [0.29, 0.717) is 31.9 Å². The van der Waals surface area contributed by atoms with Crippen molar-refractivity contribution in [3.8, 4) is 0 Å². The van der Waals surface area contributed by atoms with Crippen LogP contribution in [0.1, 0.15) is 13.8 Å². The van der Waals surface area contributed by atoms with E-state index < -0.39 is 0 Å². The Morgan fingerprint density at radius 2 is 1.75 bits per heavy atom. The number of carbonyl (C=O) groups excluding carboxylic acids is 1. The summed E-state index contributed by atoms with van der Waals surface area (Å²) in [5.41, 5.74) is 0.627. The van der Waals surface area contributed by atoms with Gasteiger partial charge in [0.15, 0.2) is 0 Å². The predicted molar refractivity (Wildman–Crippen MR) is 78.5 cm³/mol. The molecule has 1 heterocycles. The number of nitrogens with zero attached hydrogens (tertiary/aromatic N) is 3. The standard InChI is InChI=1S/C15H22FN3O/c1-3-17(4-2)15(20)19-11-9-18(10-12-19)14-8-6-5-7-13(14)16/h5-8H,3-4,9-12H2,1-2H3. The maximum absolute atomic E-state index is 13.7. The molecule has 0 aromatic heterocycles. The Labute approximate surface area is 119 Å². The molecule has 2 rings (SSSR count). The van der Waals surface area contributed by atoms with Crippen LogP contribution < -0.4 is 4.90 Å². The summed E-state index contributed by atoms with van der Waals surface area (Å²) >= 11 is 0. The Morgan fingerprint density at radius 1 is 1.15 bits per heavy atom. The molecule has 0 atom stereocenters. The van der Waals surface area contributed by atoms with Crippen LogP contribution in [-0.4, -0.2) is 55.1 Å². The zero-order chi connectivity index (χ0) is 14.5. The van der Waals surface area contributed by atoms with E-state index in [1.54, 1.807) is 12.1 Å². The number of amides is 2. The first-order valence-electron chi connectivity index (χ1n) is 7.20. The van der Waals surface area contributed by atoms with E-state index in [0.717, 1.165) is 13.1 Å². The molecule has 1 aromatic rings. The molecule has 4 nitrogen and oxygen atoms in total. The first-order chi connectivity index (χ1) is 9.67. The molecule has 0 aliphatic carbocycles. The van der Waals surface area contributed by atoms with Gasteiger partial charge in [-0.3, -0.25) is 0 Å². The van der Waals surface area contributed by atoms with Crippen molar-refractivity contribution in [2.24, 2.45) is 0 Å². The number of urea groups is 1. The van der Waals surface area contributed by atoms with Gasteiger partial charge in [-0.1, -0.05) is 12.1 Å². The van der Waals surface area contributed by atoms with Gasteiger partial charge in [-0.15, -0.1) is 0 Å². The van der Waals surface area contributed by atoms with E-state index in [1.165, 1.54) is 6.07 Å². The number of halogens is 1. The number of hydrogen-bond acceptors (Lipinski definition) is 2. The molecule has 1 aromatic carbocycles. The van der Waals surface area contributed by atoms with Gasteiger partial charge >= 0.3 is 6.03 Å². The molecule has 0 radical (unpaired) electrons. The number of piperazine rings is 1. The van der Waals surface area contributed by atoms with E-state index in [9.17, 15) is 9.18 Å². The average molecular weight is 279 g/mol. The summed E-state index contributed by atoms with van der Waals surface area (Å²) in [4.78, 5) is 17.9. The summed E-state index contributed by atoms with van der Waals surface area (Å²) in [6, 6.07) is 6.88. The van der Waals surface area contributed by atoms with Crippen molar-refractivity contribution < 1.29 is 9.18 Å². The van der Waals surface area contributed by atoms with Gasteiger partial charge in [0.25, 0.3) is 0 Å². The minimum Gasteiger partial charge on any atom is -0.366 e. The molecule has 2 amide bonds. The van der Waals surface area contributed by atoms with Gasteiger partial charge in [-0.25, -0.2) is 9.18 Å². The fourth-order valence-corrected chi connectivity index (χ4v) is 2.54. The molecule has 1 aliphatic heterocycles. The van der Waals surface area contributed by atoms with Gasteiger partial charge in [0.2, 0.25) is 0 Å². The van der Waals surface area contributed by atoms with E-state index in [4.69, 9.17) is 0 Å². The quantitative estimate of drug-likeness (QED) is 0.849. The average Bonchev–Trinajstić information content (AvgIpc) is 2.49. The van der Waals surface area contributed by atoms with Crippen LogP contribution in [0, 0.1) is 5.82 Å². The van der Waals surface area contributed by atoms with E-state index in [2.05, 4.69) is 0 Å². The third kappa shape index (κ3) is 3.03. The summed E-state index contributed by atoms with van der Waals surface area (Å²) in [6.07, 6.45) is 0. The minimum atomic E-state index is -0.198. The Kier molecular flexibility index (Phi) is 4.82. The Hall–Kier alpha value is -1.78. The molecule has 5 heteroatoms. The minimum absolute atomic E-state index is 0.0863. The van der Waals surface area contributed by atoms with Crippen LogP contribution in [0.3, 0.4) is 0 Å². The summed E-state index contributed by atoms with van der Waals surface area (Å²) in [5.74, 6) is -0.198. The van der Waals surface area contributed by atoms with Crippen molar-refractivity contribution in [2.75, 3.05) is 44.2 Å². The monoisotopic (exact) mass is 279 g/mol. The molecule has 1 saturated heterocycles. The molecule has 20 heavy (non-hydrogen) atoms. The lowest BCUT2D eigenvalue weighted by atomic mass is 10.2. The third-order valence-electron chi connectivity index (χ3n) is 3.78. The van der Waals surface area contributed by atoms with Gasteiger partial charge in [0.05, 0.1) is 5.69 Å². The van der Waals surface area contributed by atoms with Gasteiger partial charge in [0.1, 0.15) is 5.82 Å². The molecular formula is C15H22FN3O. The maximum atomic E-state index is 13.7. The molecule has 0 N–H and O–H groups in total. The van der Waals surface area contributed by atoms with Crippen molar-refractivity contribution in [1.82, 2.24) is 9.80 Å². The second-order valence-electron chi connectivity index (χ2n) is 4.88. The Bertz CT molecular complexity index is 454. The normalized spacial score (nSPS) is 15.3. The van der Waals surface area contributed by atoms with Crippen LogP contribution >= 0.6 is 0 Å². The molecule has 0 saturated carbocycles. The highest BCUT2D eigenvalue weighted by Crippen LogP contribution is 2.20. The third-order valence-corrected chi connectivity index (χ3v) is 3.78. The highest BCUT2D eigenvalue weighted by atomic mass is 19.1. The first-order valence-corrected chi connectivity index (χ1v) is 7.20. The Balaban J connectivity index is 1.96. The fourth-order valence-electron chi connectivity index (χ4n) is 2.54. The highest BCUT2D eigenvalue weighted by Gasteiger charge is 2.24. The second kappa shape index (κ2) is 6.59. The number of hydrogen-bond donors (Lipinski definition) is 0. The summed E-state index contributed by atoms with van der Waals surface area (Å²) in [6.45, 7) is 8.05. The molecule has 0 unspecified atom stereocenters. The zero-order valence-electron chi connectivity index (χ0n) is 12.2. The zero-order valence-corrected chi connectivity index (χ0v) is 12.2. The van der Waals surface area contributed by atoms with Gasteiger partial charge in [0, 0.05) is 39.3 Å². The van der Waals surface area contributed by atoms with Crippen molar-refractivity contribution >= 4 is 11.7 Å². The largest absolute Gasteiger partial charge is 0.366 e. The number of carbonyl (C=O) groups is 1. The topological polar surface area (TPSA) is 26.8 Å². The molecule has 1 aliphatic rings. The lowest BCUT2D eigenvalue weighted by Crippen LogP contribution is -2.53. The second-order valence-corrected chi connectivity index (χ2v) is 4.88. The number of rotatable bonds is 3.